The molecule has 0 aliphatic rings. The molecule has 0 spiro atoms. The largest absolute Gasteiger partial charge is 0.417 e. The maximum Gasteiger partial charge on any atom is 0.417 e. The number of alkyl halides is 6. The fourth-order valence-electron chi connectivity index (χ4n) is 2.29. The Balaban J connectivity index is 3.11. The predicted octanol–water partition coefficient (Wildman–Crippen LogP) is 6.42. The molecule has 146 valence electrons. The molecule has 0 aliphatic heterocycles. The second-order valence-electron chi connectivity index (χ2n) is 5.06. The van der Waals surface area contributed by atoms with E-state index in [4.69, 9.17) is 0 Å². The monoisotopic (exact) mass is 406 g/mol. The summed E-state index contributed by atoms with van der Waals surface area (Å²) in [7, 11) is 0. The first kappa shape index (κ1) is 20.7. The molecular weight excluding hydrogens is 401 g/mol. The van der Waals surface area contributed by atoms with E-state index in [9.17, 15) is 48.3 Å². The van der Waals surface area contributed by atoms with Crippen molar-refractivity contribution >= 4 is 11.1 Å². The van der Waals surface area contributed by atoms with Crippen molar-refractivity contribution in [2.24, 2.45) is 0 Å². The molecule has 0 radical (unpaired) electrons. The lowest BCUT2D eigenvalue weighted by Gasteiger charge is -2.22. The van der Waals surface area contributed by atoms with Crippen LogP contribution in [-0.2, 0) is 0 Å². The van der Waals surface area contributed by atoms with Crippen molar-refractivity contribution in [2.75, 3.05) is 0 Å². The molecule has 0 atom stereocenters. The van der Waals surface area contributed by atoms with Crippen LogP contribution in [0.25, 0.3) is 11.1 Å². The number of benzene rings is 2. The van der Waals surface area contributed by atoms with Gasteiger partial charge in [0.1, 0.15) is 0 Å². The summed E-state index contributed by atoms with van der Waals surface area (Å²) in [6.07, 6.45) is -12.0. The maximum atomic E-state index is 13.8. The second-order valence-corrected chi connectivity index (χ2v) is 5.06. The minimum atomic E-state index is -6.11. The van der Waals surface area contributed by atoms with Crippen LogP contribution in [0, 0.1) is 29.1 Å². The zero-order chi connectivity index (χ0) is 20.7. The van der Waals surface area contributed by atoms with Crippen LogP contribution in [0.2, 0.25) is 0 Å². The summed E-state index contributed by atoms with van der Waals surface area (Å²) < 4.78 is 147. The Morgan fingerprint density at radius 2 is 0.889 bits per heavy atom. The third-order valence-electron chi connectivity index (χ3n) is 3.34. The van der Waals surface area contributed by atoms with Crippen molar-refractivity contribution in [3.63, 3.8) is 0 Å². The van der Waals surface area contributed by atoms with E-state index in [-0.39, 0.29) is 0 Å². The smallest absolute Gasteiger partial charge is 0.203 e. The van der Waals surface area contributed by atoms with Gasteiger partial charge in [-0.25, -0.2) is 22.0 Å². The van der Waals surface area contributed by atoms with E-state index in [1.807, 2.05) is 0 Å². The SMILES string of the molecule is Fc1c(F)c(F)c(/C(=C(/c2ccccc2)C(F)(F)F)C(F)(F)F)c(F)c1F. The maximum absolute atomic E-state index is 13.8. The number of rotatable bonds is 2. The topological polar surface area (TPSA) is 0 Å². The highest BCUT2D eigenvalue weighted by Crippen LogP contribution is 2.48. The molecule has 0 aliphatic carbocycles. The Morgan fingerprint density at radius 1 is 0.519 bits per heavy atom. The van der Waals surface area contributed by atoms with Crippen LogP contribution >= 0.6 is 0 Å². The van der Waals surface area contributed by atoms with Gasteiger partial charge in [-0.3, -0.25) is 0 Å². The lowest BCUT2D eigenvalue weighted by Crippen LogP contribution is -2.23. The van der Waals surface area contributed by atoms with Gasteiger partial charge in [-0.15, -0.1) is 0 Å². The second kappa shape index (κ2) is 6.86. The Kier molecular flexibility index (Phi) is 5.26. The summed E-state index contributed by atoms with van der Waals surface area (Å²) in [6, 6.07) is 4.02. The van der Waals surface area contributed by atoms with Crippen LogP contribution < -0.4 is 0 Å². The van der Waals surface area contributed by atoms with Gasteiger partial charge < -0.3 is 0 Å². The molecule has 0 saturated heterocycles. The fraction of sp³-hybridized carbons (Fsp3) is 0.125. The quantitative estimate of drug-likeness (QED) is 0.234. The van der Waals surface area contributed by atoms with E-state index in [0.717, 1.165) is 18.2 Å². The van der Waals surface area contributed by atoms with Gasteiger partial charge in [0.05, 0.1) is 16.7 Å². The lowest BCUT2D eigenvalue weighted by molar-refractivity contribution is -0.0831. The summed E-state index contributed by atoms with van der Waals surface area (Å²) >= 11 is 0. The molecule has 0 saturated carbocycles. The molecule has 27 heavy (non-hydrogen) atoms. The highest BCUT2D eigenvalue weighted by molar-refractivity contribution is 5.95. The van der Waals surface area contributed by atoms with Crippen LogP contribution in [0.1, 0.15) is 11.1 Å². The molecule has 0 nitrogen and oxygen atoms in total. The fourth-order valence-corrected chi connectivity index (χ4v) is 2.29. The first-order valence-electron chi connectivity index (χ1n) is 6.74. The summed E-state index contributed by atoms with van der Waals surface area (Å²) in [5.41, 5.74) is -9.52. The van der Waals surface area contributed by atoms with E-state index < -0.39 is 63.7 Å². The van der Waals surface area contributed by atoms with Gasteiger partial charge in [0.2, 0.25) is 5.82 Å². The Morgan fingerprint density at radius 3 is 1.26 bits per heavy atom. The van der Waals surface area contributed by atoms with Crippen molar-refractivity contribution in [3.05, 3.63) is 70.5 Å². The minimum Gasteiger partial charge on any atom is -0.203 e. The molecule has 11 heteroatoms. The molecule has 0 fully saturated rings. The molecule has 0 amide bonds. The molecule has 2 aromatic carbocycles. The molecule has 0 N–H and O–H groups in total. The Labute approximate surface area is 143 Å². The summed E-state index contributed by atoms with van der Waals surface area (Å²) in [4.78, 5) is 0. The molecule has 0 bridgehead atoms. The molecule has 0 aromatic heterocycles. The third-order valence-corrected chi connectivity index (χ3v) is 3.34. The number of halogens is 11. The zero-order valence-electron chi connectivity index (χ0n) is 12.5. The first-order chi connectivity index (χ1) is 12.3. The first-order valence-corrected chi connectivity index (χ1v) is 6.74. The van der Waals surface area contributed by atoms with Crippen molar-refractivity contribution in [2.45, 2.75) is 12.4 Å². The molecular formula is C16H5F11. The number of allylic oxidation sites excluding steroid dienone is 2. The average molecular weight is 406 g/mol. The van der Waals surface area contributed by atoms with Crippen molar-refractivity contribution in [1.82, 2.24) is 0 Å². The van der Waals surface area contributed by atoms with Crippen molar-refractivity contribution < 1.29 is 48.3 Å². The summed E-state index contributed by atoms with van der Waals surface area (Å²) in [6.45, 7) is 0. The molecule has 0 unspecified atom stereocenters. The minimum absolute atomic E-state index is 0.542. The lowest BCUT2D eigenvalue weighted by atomic mass is 9.92. The van der Waals surface area contributed by atoms with Gasteiger partial charge in [0.25, 0.3) is 0 Å². The standard InChI is InChI=1S/C16H5F11/c17-10-7(11(18)13(20)14(21)12(10)19)9(16(25,26)27)8(15(22,23)24)6-4-2-1-3-5-6/h1-5H/b9-8+. The highest BCUT2D eigenvalue weighted by atomic mass is 19.4. The molecule has 2 aromatic rings. The van der Waals surface area contributed by atoms with Crippen LogP contribution in [-0.4, -0.2) is 12.4 Å². The van der Waals surface area contributed by atoms with Crippen LogP contribution in [0.15, 0.2) is 30.3 Å². The summed E-state index contributed by atoms with van der Waals surface area (Å²) in [5.74, 6) is -14.5. The van der Waals surface area contributed by atoms with Crippen LogP contribution in [0.3, 0.4) is 0 Å². The Hall–Kier alpha value is -2.59. The third kappa shape index (κ3) is 3.76. The van der Waals surface area contributed by atoms with Crippen LogP contribution in [0.5, 0.6) is 0 Å². The van der Waals surface area contributed by atoms with E-state index in [1.54, 1.807) is 0 Å². The van der Waals surface area contributed by atoms with Gasteiger partial charge in [-0.1, -0.05) is 30.3 Å². The highest BCUT2D eigenvalue weighted by Gasteiger charge is 2.49. The van der Waals surface area contributed by atoms with Gasteiger partial charge in [0.15, 0.2) is 23.3 Å². The summed E-state index contributed by atoms with van der Waals surface area (Å²) in [5, 5.41) is 0. The normalized spacial score (nSPS) is 13.6. The van der Waals surface area contributed by atoms with Gasteiger partial charge in [0, 0.05) is 0 Å². The zero-order valence-corrected chi connectivity index (χ0v) is 12.5. The Bertz CT molecular complexity index is 860. The van der Waals surface area contributed by atoms with E-state index in [1.165, 1.54) is 0 Å². The molecule has 2 rings (SSSR count). The van der Waals surface area contributed by atoms with Crippen molar-refractivity contribution in [1.29, 1.82) is 0 Å². The van der Waals surface area contributed by atoms with Gasteiger partial charge in [-0.05, 0) is 5.56 Å². The van der Waals surface area contributed by atoms with E-state index in [0.29, 0.717) is 12.1 Å². The number of hydrogen-bond acceptors (Lipinski definition) is 0. The predicted molar refractivity (Wildman–Crippen MR) is 71.6 cm³/mol. The van der Waals surface area contributed by atoms with Crippen LogP contribution in [0.4, 0.5) is 48.3 Å². The number of hydrogen-bond donors (Lipinski definition) is 0. The van der Waals surface area contributed by atoms with Crippen molar-refractivity contribution in [3.8, 4) is 0 Å². The van der Waals surface area contributed by atoms with E-state index >= 15 is 0 Å². The van der Waals surface area contributed by atoms with Gasteiger partial charge in [-0.2, -0.15) is 26.3 Å². The molecule has 0 heterocycles. The van der Waals surface area contributed by atoms with E-state index in [2.05, 4.69) is 0 Å². The average Bonchev–Trinajstić information content (AvgIpc) is 2.56. The van der Waals surface area contributed by atoms with Gasteiger partial charge >= 0.3 is 12.4 Å².